The van der Waals surface area contributed by atoms with Crippen LogP contribution in [0.5, 0.6) is 0 Å². The highest BCUT2D eigenvalue weighted by atomic mass is 32.2. The molecule has 6 nitrogen and oxygen atoms in total. The van der Waals surface area contributed by atoms with Crippen molar-refractivity contribution in [2.24, 2.45) is 5.10 Å². The average molecular weight is 400 g/mol. The summed E-state index contributed by atoms with van der Waals surface area (Å²) in [7, 11) is -3.89. The van der Waals surface area contributed by atoms with E-state index in [2.05, 4.69) is 10.5 Å². The number of hydrogen-bond acceptors (Lipinski definition) is 4. The predicted molar refractivity (Wildman–Crippen MR) is 111 cm³/mol. The lowest BCUT2D eigenvalue weighted by Gasteiger charge is -2.24. The van der Waals surface area contributed by atoms with Crippen LogP contribution in [0.4, 0.5) is 5.69 Å². The highest BCUT2D eigenvalue weighted by Crippen LogP contribution is 2.24. The Morgan fingerprint density at radius 3 is 2.43 bits per heavy atom. The Bertz CT molecular complexity index is 948. The molecule has 1 aliphatic rings. The van der Waals surface area contributed by atoms with Crippen LogP contribution in [0.15, 0.2) is 64.6 Å². The van der Waals surface area contributed by atoms with Gasteiger partial charge in [-0.15, -0.1) is 0 Å². The molecule has 7 heteroatoms. The quantitative estimate of drug-likeness (QED) is 0.754. The Morgan fingerprint density at radius 2 is 1.75 bits per heavy atom. The smallest absolute Gasteiger partial charge is 0.264 e. The third-order valence-corrected chi connectivity index (χ3v) is 6.47. The summed E-state index contributed by atoms with van der Waals surface area (Å²) in [5, 5.41) is 4.20. The van der Waals surface area contributed by atoms with Crippen LogP contribution in [-0.2, 0) is 14.8 Å². The molecule has 1 fully saturated rings. The van der Waals surface area contributed by atoms with Crippen LogP contribution in [-0.4, -0.2) is 26.6 Å². The molecule has 0 heterocycles. The Hall–Kier alpha value is -2.67. The standard InChI is InChI=1S/C21H25N3O3S/c1-17-9-8-12-19(15-17)24(28(26,27)20-13-6-3-7-14-20)16-21(25)23-22-18-10-4-2-5-11-18/h3,6-9,12-15H,2,4-5,10-11,16H2,1H3,(H,23,25). The van der Waals surface area contributed by atoms with Gasteiger partial charge in [0.25, 0.3) is 15.9 Å². The van der Waals surface area contributed by atoms with Crippen LogP contribution in [0.2, 0.25) is 0 Å². The number of sulfonamides is 1. The largest absolute Gasteiger partial charge is 0.271 e. The van der Waals surface area contributed by atoms with E-state index in [4.69, 9.17) is 0 Å². The van der Waals surface area contributed by atoms with Gasteiger partial charge in [-0.05, 0) is 62.4 Å². The molecule has 0 atom stereocenters. The summed E-state index contributed by atoms with van der Waals surface area (Å²) in [6, 6.07) is 15.2. The van der Waals surface area contributed by atoms with E-state index in [1.165, 1.54) is 18.6 Å². The molecule has 1 amide bonds. The van der Waals surface area contributed by atoms with E-state index in [0.29, 0.717) is 5.69 Å². The number of aryl methyl sites for hydroxylation is 1. The number of amides is 1. The fourth-order valence-electron chi connectivity index (χ4n) is 3.20. The van der Waals surface area contributed by atoms with Crippen molar-refractivity contribution in [3.63, 3.8) is 0 Å². The van der Waals surface area contributed by atoms with Gasteiger partial charge in [-0.25, -0.2) is 13.8 Å². The van der Waals surface area contributed by atoms with Gasteiger partial charge in [0.1, 0.15) is 6.54 Å². The Balaban J connectivity index is 1.85. The van der Waals surface area contributed by atoms with Gasteiger partial charge in [0, 0.05) is 5.71 Å². The van der Waals surface area contributed by atoms with E-state index in [1.54, 1.807) is 36.4 Å². The predicted octanol–water partition coefficient (Wildman–Crippen LogP) is 3.63. The van der Waals surface area contributed by atoms with E-state index >= 15 is 0 Å². The van der Waals surface area contributed by atoms with Gasteiger partial charge in [-0.1, -0.05) is 36.8 Å². The van der Waals surface area contributed by atoms with Crippen molar-refractivity contribution in [2.45, 2.75) is 43.9 Å². The molecule has 0 bridgehead atoms. The topological polar surface area (TPSA) is 78.8 Å². The molecule has 2 aromatic rings. The number of carbonyl (C=O) groups excluding carboxylic acids is 1. The molecule has 0 spiro atoms. The second-order valence-corrected chi connectivity index (χ2v) is 8.80. The molecule has 0 aliphatic heterocycles. The van der Waals surface area contributed by atoms with Crippen molar-refractivity contribution in [1.29, 1.82) is 0 Å². The molecule has 1 N–H and O–H groups in total. The van der Waals surface area contributed by atoms with Crippen LogP contribution < -0.4 is 9.73 Å². The number of carbonyl (C=O) groups is 1. The second-order valence-electron chi connectivity index (χ2n) is 6.94. The molecule has 1 aliphatic carbocycles. The normalized spacial score (nSPS) is 14.4. The van der Waals surface area contributed by atoms with Gasteiger partial charge >= 0.3 is 0 Å². The minimum absolute atomic E-state index is 0.142. The molecule has 0 aromatic heterocycles. The van der Waals surface area contributed by atoms with E-state index < -0.39 is 15.9 Å². The summed E-state index contributed by atoms with van der Waals surface area (Å²) in [4.78, 5) is 12.6. The van der Waals surface area contributed by atoms with Crippen molar-refractivity contribution in [1.82, 2.24) is 5.43 Å². The molecule has 0 unspecified atom stereocenters. The monoisotopic (exact) mass is 399 g/mol. The first-order valence-electron chi connectivity index (χ1n) is 9.45. The molecular formula is C21H25N3O3S. The fourth-order valence-corrected chi connectivity index (χ4v) is 4.63. The van der Waals surface area contributed by atoms with Crippen LogP contribution in [0.1, 0.15) is 37.7 Å². The van der Waals surface area contributed by atoms with Crippen LogP contribution in [0.3, 0.4) is 0 Å². The Kier molecular flexibility index (Phi) is 6.46. The molecule has 3 rings (SSSR count). The van der Waals surface area contributed by atoms with Crippen molar-refractivity contribution in [3.05, 3.63) is 60.2 Å². The zero-order valence-electron chi connectivity index (χ0n) is 16.0. The van der Waals surface area contributed by atoms with Crippen LogP contribution >= 0.6 is 0 Å². The Labute approximate surface area is 166 Å². The fraction of sp³-hybridized carbons (Fsp3) is 0.333. The minimum atomic E-state index is -3.89. The first kappa shape index (κ1) is 20.1. The average Bonchev–Trinajstić information content (AvgIpc) is 2.72. The summed E-state index contributed by atoms with van der Waals surface area (Å²) in [5.41, 5.74) is 4.86. The number of hydrogen-bond donors (Lipinski definition) is 1. The summed E-state index contributed by atoms with van der Waals surface area (Å²) in [6.45, 7) is 1.55. The zero-order chi connectivity index (χ0) is 20.0. The van der Waals surface area contributed by atoms with Crippen molar-refractivity contribution < 1.29 is 13.2 Å². The third kappa shape index (κ3) is 4.98. The third-order valence-electron chi connectivity index (χ3n) is 4.68. The van der Waals surface area contributed by atoms with Crippen LogP contribution in [0, 0.1) is 6.92 Å². The van der Waals surface area contributed by atoms with Crippen molar-refractivity contribution in [3.8, 4) is 0 Å². The minimum Gasteiger partial charge on any atom is -0.271 e. The highest BCUT2D eigenvalue weighted by molar-refractivity contribution is 7.92. The number of anilines is 1. The van der Waals surface area contributed by atoms with E-state index in [9.17, 15) is 13.2 Å². The maximum atomic E-state index is 13.2. The van der Waals surface area contributed by atoms with Gasteiger partial charge in [0.15, 0.2) is 0 Å². The molecular weight excluding hydrogens is 374 g/mol. The first-order valence-corrected chi connectivity index (χ1v) is 10.9. The van der Waals surface area contributed by atoms with Gasteiger partial charge in [-0.2, -0.15) is 5.10 Å². The number of nitrogens with one attached hydrogen (secondary N) is 1. The van der Waals surface area contributed by atoms with Gasteiger partial charge in [0.2, 0.25) is 0 Å². The lowest BCUT2D eigenvalue weighted by molar-refractivity contribution is -0.119. The van der Waals surface area contributed by atoms with Crippen molar-refractivity contribution >= 4 is 27.3 Å². The molecule has 2 aromatic carbocycles. The summed E-state index contributed by atoms with van der Waals surface area (Å²) in [5.74, 6) is -0.459. The molecule has 0 saturated heterocycles. The van der Waals surface area contributed by atoms with E-state index in [-0.39, 0.29) is 11.4 Å². The molecule has 28 heavy (non-hydrogen) atoms. The van der Waals surface area contributed by atoms with E-state index in [0.717, 1.165) is 41.3 Å². The van der Waals surface area contributed by atoms with Gasteiger partial charge < -0.3 is 0 Å². The highest BCUT2D eigenvalue weighted by Gasteiger charge is 2.27. The maximum Gasteiger partial charge on any atom is 0.264 e. The number of rotatable bonds is 6. The Morgan fingerprint density at radius 1 is 1.04 bits per heavy atom. The summed E-state index contributed by atoms with van der Waals surface area (Å²) in [6.07, 6.45) is 5.09. The SMILES string of the molecule is Cc1cccc(N(CC(=O)NN=C2CCCCC2)S(=O)(=O)c2ccccc2)c1. The van der Waals surface area contributed by atoms with Gasteiger partial charge in [0.05, 0.1) is 10.6 Å². The number of hydrazone groups is 1. The molecule has 148 valence electrons. The van der Waals surface area contributed by atoms with Crippen LogP contribution in [0.25, 0.3) is 0 Å². The lowest BCUT2D eigenvalue weighted by atomic mass is 9.99. The second kappa shape index (κ2) is 9.01. The van der Waals surface area contributed by atoms with E-state index in [1.807, 2.05) is 13.0 Å². The lowest BCUT2D eigenvalue weighted by Crippen LogP contribution is -2.39. The van der Waals surface area contributed by atoms with Gasteiger partial charge in [-0.3, -0.25) is 9.10 Å². The zero-order valence-corrected chi connectivity index (χ0v) is 16.8. The first-order chi connectivity index (χ1) is 13.5. The van der Waals surface area contributed by atoms with Crippen molar-refractivity contribution in [2.75, 3.05) is 10.8 Å². The number of benzene rings is 2. The summed E-state index contributed by atoms with van der Waals surface area (Å²) >= 11 is 0. The summed E-state index contributed by atoms with van der Waals surface area (Å²) < 4.78 is 27.5. The maximum absolute atomic E-state index is 13.2. The number of nitrogens with zero attached hydrogens (tertiary/aromatic N) is 2. The molecule has 0 radical (unpaired) electrons. The molecule has 1 saturated carbocycles.